The minimum Gasteiger partial charge on any atom is -0.455 e. The predicted octanol–water partition coefficient (Wildman–Crippen LogP) is 17.6. The Labute approximate surface area is 414 Å². The van der Waals surface area contributed by atoms with E-state index in [4.69, 9.17) is 29.3 Å². The van der Waals surface area contributed by atoms with E-state index >= 15 is 0 Å². The number of hydrogen-bond acceptors (Lipinski definition) is 8. The van der Waals surface area contributed by atoms with Crippen LogP contribution in [0.4, 0.5) is 0 Å². The third kappa shape index (κ3) is 6.35. The van der Waals surface area contributed by atoms with Gasteiger partial charge in [-0.3, -0.25) is 0 Å². The molecule has 8 heteroatoms. The number of furan rings is 1. The Morgan fingerprint density at radius 3 is 1.54 bits per heavy atom. The van der Waals surface area contributed by atoms with Crippen LogP contribution >= 0.6 is 22.7 Å². The molecule has 0 unspecified atom stereocenters. The lowest BCUT2D eigenvalue weighted by molar-refractivity contribution is 0.671. The summed E-state index contributed by atoms with van der Waals surface area (Å²) in [5.74, 6) is 2.38. The zero-order chi connectivity index (χ0) is 46.6. The van der Waals surface area contributed by atoms with Crippen LogP contribution in [-0.4, -0.2) is 24.9 Å². The highest BCUT2D eigenvalue weighted by molar-refractivity contribution is 7.30. The number of hydrogen-bond donors (Lipinski definition) is 0. The van der Waals surface area contributed by atoms with Gasteiger partial charge in [0.05, 0.1) is 11.2 Å². The van der Waals surface area contributed by atoms with Gasteiger partial charge in [-0.2, -0.15) is 0 Å². The maximum Gasteiger partial charge on any atom is 0.164 e. The Morgan fingerprint density at radius 1 is 0.324 bits per heavy atom. The van der Waals surface area contributed by atoms with Crippen molar-refractivity contribution in [2.45, 2.75) is 0 Å². The van der Waals surface area contributed by atoms with Gasteiger partial charge in [-0.1, -0.05) is 182 Å². The molecule has 0 bridgehead atoms. The highest BCUT2D eigenvalue weighted by Gasteiger charge is 2.29. The molecule has 5 aromatic heterocycles. The van der Waals surface area contributed by atoms with Crippen LogP contribution in [0.5, 0.6) is 0 Å². The van der Waals surface area contributed by atoms with E-state index in [1.807, 2.05) is 83.3 Å². The van der Waals surface area contributed by atoms with Gasteiger partial charge >= 0.3 is 0 Å². The second-order valence-electron chi connectivity index (χ2n) is 17.9. The van der Waals surface area contributed by atoms with Crippen molar-refractivity contribution in [3.05, 3.63) is 212 Å². The SMILES string of the molecule is c1ccc(-c2nc(-c3cccc(-c4nc(-c5ccccc5)c5ccccc5n4)c3)nc(-c3cc4sc5c(-c6ccccc6)c(-c6ccccc6)c6oc7cc8ccccc8c8sc(c3)c4c5c6c78)n2)cc1. The third-order valence-corrected chi connectivity index (χ3v) is 16.0. The molecule has 0 amide bonds. The Hall–Kier alpha value is -8.95. The van der Waals surface area contributed by atoms with E-state index in [-0.39, 0.29) is 0 Å². The molecular weight excluding hydrogens is 907 g/mol. The molecule has 0 N–H and O–H groups in total. The molecule has 0 aliphatic rings. The van der Waals surface area contributed by atoms with Gasteiger partial charge in [0.15, 0.2) is 23.3 Å². The smallest absolute Gasteiger partial charge is 0.164 e. The Morgan fingerprint density at radius 2 is 0.845 bits per heavy atom. The first-order valence-corrected chi connectivity index (χ1v) is 25.2. The van der Waals surface area contributed by atoms with E-state index in [2.05, 4.69) is 152 Å². The van der Waals surface area contributed by atoms with E-state index in [0.29, 0.717) is 23.3 Å². The molecule has 0 aliphatic carbocycles. The molecule has 0 atom stereocenters. The van der Waals surface area contributed by atoms with Crippen molar-refractivity contribution in [3.63, 3.8) is 0 Å². The average Bonchev–Trinajstić information content (AvgIpc) is 3.97. The van der Waals surface area contributed by atoms with Crippen LogP contribution in [0, 0.1) is 0 Å². The Bertz CT molecular complexity index is 4570. The molecular formula is C63H35N5OS2. The lowest BCUT2D eigenvalue weighted by Crippen LogP contribution is -2.00. The zero-order valence-corrected chi connectivity index (χ0v) is 39.3. The molecule has 0 fully saturated rings. The standard InChI is InChI=1S/C63H35N5OS2/c1-5-18-36(19-6-1)50-51(37-20-7-2-8-21-37)59-55-53-48(70-58-44-29-14-13-26-40(44)33-47-52(58)54(55)57(50)69-47)34-43(35-49(53)71-59)63-67-60(39-24-11-4-12-25-39)66-62(68-63)42-28-17-27-41(32-42)61-64-46-31-16-15-30-45(46)56(65-61)38-22-9-3-10-23-38/h1-35H. The van der Waals surface area contributed by atoms with Crippen molar-refractivity contribution in [1.82, 2.24) is 24.9 Å². The monoisotopic (exact) mass is 941 g/mol. The largest absolute Gasteiger partial charge is 0.455 e. The van der Waals surface area contributed by atoms with Crippen LogP contribution in [-0.2, 0) is 0 Å². The van der Waals surface area contributed by atoms with Gasteiger partial charge in [-0.15, -0.1) is 22.7 Å². The molecule has 71 heavy (non-hydrogen) atoms. The highest BCUT2D eigenvalue weighted by Crippen LogP contribution is 2.56. The summed E-state index contributed by atoms with van der Waals surface area (Å²) in [6.07, 6.45) is 0. The van der Waals surface area contributed by atoms with Crippen molar-refractivity contribution in [1.29, 1.82) is 0 Å². The van der Waals surface area contributed by atoms with Gasteiger partial charge in [0, 0.05) is 84.7 Å². The summed E-state index contributed by atoms with van der Waals surface area (Å²) in [6, 6.07) is 73.9. The number of aromatic nitrogens is 5. The van der Waals surface area contributed by atoms with Crippen molar-refractivity contribution >= 4 is 95.9 Å². The van der Waals surface area contributed by atoms with Crippen LogP contribution in [0.25, 0.3) is 152 Å². The molecule has 0 saturated heterocycles. The second-order valence-corrected chi connectivity index (χ2v) is 20.0. The molecule has 15 aromatic rings. The van der Waals surface area contributed by atoms with Crippen LogP contribution in [0.1, 0.15) is 0 Å². The lowest BCUT2D eigenvalue weighted by atomic mass is 9.89. The van der Waals surface area contributed by atoms with E-state index in [0.717, 1.165) is 92.4 Å². The van der Waals surface area contributed by atoms with E-state index in [1.165, 1.54) is 36.5 Å². The minimum absolute atomic E-state index is 0.563. The first kappa shape index (κ1) is 40.0. The summed E-state index contributed by atoms with van der Waals surface area (Å²) in [5.41, 5.74) is 12.7. The van der Waals surface area contributed by atoms with Gasteiger partial charge < -0.3 is 4.42 Å². The van der Waals surface area contributed by atoms with Gasteiger partial charge in [0.1, 0.15) is 11.2 Å². The fraction of sp³-hybridized carbons (Fsp3) is 0. The summed E-state index contributed by atoms with van der Waals surface area (Å²) in [5, 5.41) is 8.11. The van der Waals surface area contributed by atoms with Crippen LogP contribution in [0.15, 0.2) is 217 Å². The molecule has 330 valence electrons. The third-order valence-electron chi connectivity index (χ3n) is 13.7. The maximum absolute atomic E-state index is 7.19. The predicted molar refractivity (Wildman–Crippen MR) is 295 cm³/mol. The number of rotatable bonds is 7. The number of benzene rings is 10. The fourth-order valence-corrected chi connectivity index (χ4v) is 13.2. The van der Waals surface area contributed by atoms with E-state index < -0.39 is 0 Å². The van der Waals surface area contributed by atoms with Gasteiger partial charge in [-0.05, 0) is 52.2 Å². The lowest BCUT2D eigenvalue weighted by Gasteiger charge is -2.13. The summed E-state index contributed by atoms with van der Waals surface area (Å²) in [4.78, 5) is 26.2. The molecule has 5 heterocycles. The number of fused-ring (bicyclic) bond motifs is 3. The van der Waals surface area contributed by atoms with Gasteiger partial charge in [0.25, 0.3) is 0 Å². The molecule has 6 nitrogen and oxygen atoms in total. The van der Waals surface area contributed by atoms with Crippen molar-refractivity contribution in [2.75, 3.05) is 0 Å². The van der Waals surface area contributed by atoms with Gasteiger partial charge in [-0.25, -0.2) is 24.9 Å². The maximum atomic E-state index is 7.19. The summed E-state index contributed by atoms with van der Waals surface area (Å²) >= 11 is 3.65. The van der Waals surface area contributed by atoms with Crippen LogP contribution in [0.2, 0.25) is 0 Å². The van der Waals surface area contributed by atoms with Crippen molar-refractivity contribution in [2.24, 2.45) is 0 Å². The normalized spacial score (nSPS) is 11.9. The van der Waals surface area contributed by atoms with Crippen molar-refractivity contribution in [3.8, 4) is 79.1 Å². The molecule has 15 rings (SSSR count). The van der Waals surface area contributed by atoms with Gasteiger partial charge in [0.2, 0.25) is 0 Å². The van der Waals surface area contributed by atoms with Crippen LogP contribution in [0.3, 0.4) is 0 Å². The number of nitrogens with zero attached hydrogens (tertiary/aromatic N) is 5. The van der Waals surface area contributed by atoms with Crippen LogP contribution < -0.4 is 0 Å². The average molecular weight is 942 g/mol. The molecule has 0 saturated carbocycles. The number of para-hydroxylation sites is 1. The second kappa shape index (κ2) is 15.8. The topological polar surface area (TPSA) is 77.6 Å². The van der Waals surface area contributed by atoms with Crippen molar-refractivity contribution < 1.29 is 4.42 Å². The fourth-order valence-electron chi connectivity index (χ4n) is 10.5. The van der Waals surface area contributed by atoms with E-state index in [1.54, 1.807) is 0 Å². The number of thiophene rings is 1. The quantitative estimate of drug-likeness (QED) is 0.158. The molecule has 0 radical (unpaired) electrons. The Balaban J connectivity index is 0.997. The zero-order valence-electron chi connectivity index (χ0n) is 37.7. The molecule has 0 aliphatic heterocycles. The molecule has 0 spiro atoms. The first-order valence-electron chi connectivity index (χ1n) is 23.6. The first-order chi connectivity index (χ1) is 35.2. The minimum atomic E-state index is 0.563. The highest BCUT2D eigenvalue weighted by atomic mass is 32.1. The summed E-state index contributed by atoms with van der Waals surface area (Å²) < 4.78 is 11.9. The summed E-state index contributed by atoms with van der Waals surface area (Å²) in [6.45, 7) is 0. The Kier molecular flexibility index (Phi) is 8.90. The summed E-state index contributed by atoms with van der Waals surface area (Å²) in [7, 11) is 0. The molecule has 10 aromatic carbocycles. The van der Waals surface area contributed by atoms with E-state index in [9.17, 15) is 0 Å².